The lowest BCUT2D eigenvalue weighted by molar-refractivity contribution is -0.131. The molecule has 21 heavy (non-hydrogen) atoms. The van der Waals surface area contributed by atoms with Gasteiger partial charge >= 0.3 is 5.97 Å². The molecular weight excluding hydrogens is 298 g/mol. The summed E-state index contributed by atoms with van der Waals surface area (Å²) in [4.78, 5) is 22.1. The van der Waals surface area contributed by atoms with Gasteiger partial charge in [0.2, 0.25) is 0 Å². The number of nitrogens with one attached hydrogen (secondary N) is 1. The number of carbonyl (C=O) groups excluding carboxylic acids is 1. The highest BCUT2D eigenvalue weighted by Crippen LogP contribution is 2.35. The van der Waals surface area contributed by atoms with Crippen molar-refractivity contribution >= 4 is 29.6 Å². The van der Waals surface area contributed by atoms with E-state index in [1.54, 1.807) is 6.92 Å². The molecule has 0 fully saturated rings. The number of halogens is 1. The monoisotopic (exact) mass is 313 g/mol. The molecule has 0 saturated carbocycles. The van der Waals surface area contributed by atoms with Gasteiger partial charge in [0.1, 0.15) is 0 Å². The number of amides is 1. The zero-order valence-electron chi connectivity index (χ0n) is 11.7. The number of methoxy groups -OCH3 is 1. The van der Waals surface area contributed by atoms with Gasteiger partial charge in [-0.05, 0) is 19.1 Å². The SMILES string of the molecule is CCNC(=O)COc1c(/C=C/C(=O)O)cc(Cl)cc1OC. The van der Waals surface area contributed by atoms with Gasteiger partial charge in [-0.1, -0.05) is 11.6 Å². The molecule has 0 atom stereocenters. The summed E-state index contributed by atoms with van der Waals surface area (Å²) < 4.78 is 10.6. The number of carbonyl (C=O) groups is 2. The van der Waals surface area contributed by atoms with E-state index in [0.29, 0.717) is 22.9 Å². The first-order chi connectivity index (χ1) is 9.97. The number of ether oxygens (including phenoxy) is 2. The number of carboxylic acids is 1. The summed E-state index contributed by atoms with van der Waals surface area (Å²) in [5.74, 6) is -0.825. The fourth-order valence-corrected chi connectivity index (χ4v) is 1.78. The summed E-state index contributed by atoms with van der Waals surface area (Å²) in [6.07, 6.45) is 2.27. The molecule has 0 unspecified atom stereocenters. The third-order valence-electron chi connectivity index (χ3n) is 2.40. The molecule has 114 valence electrons. The van der Waals surface area contributed by atoms with Gasteiger partial charge in [0, 0.05) is 29.3 Å². The molecule has 0 radical (unpaired) electrons. The second-order valence-corrected chi connectivity index (χ2v) is 4.38. The number of aliphatic carboxylic acids is 1. The van der Waals surface area contributed by atoms with Crippen molar-refractivity contribution in [3.63, 3.8) is 0 Å². The Morgan fingerprint density at radius 3 is 2.71 bits per heavy atom. The largest absolute Gasteiger partial charge is 0.493 e. The van der Waals surface area contributed by atoms with Crippen LogP contribution in [0.25, 0.3) is 6.08 Å². The third kappa shape index (κ3) is 5.35. The minimum Gasteiger partial charge on any atom is -0.493 e. The van der Waals surface area contributed by atoms with Gasteiger partial charge in [0.05, 0.1) is 7.11 Å². The van der Waals surface area contributed by atoms with Crippen LogP contribution in [0.2, 0.25) is 5.02 Å². The van der Waals surface area contributed by atoms with Crippen LogP contribution in [0.5, 0.6) is 11.5 Å². The van der Waals surface area contributed by atoms with E-state index >= 15 is 0 Å². The van der Waals surface area contributed by atoms with Crippen molar-refractivity contribution in [3.05, 3.63) is 28.8 Å². The molecule has 0 aliphatic carbocycles. The van der Waals surface area contributed by atoms with Gasteiger partial charge in [-0.2, -0.15) is 0 Å². The predicted octanol–water partition coefficient (Wildman–Crippen LogP) is 1.96. The Balaban J connectivity index is 3.07. The fourth-order valence-electron chi connectivity index (χ4n) is 1.57. The van der Waals surface area contributed by atoms with Gasteiger partial charge < -0.3 is 19.9 Å². The van der Waals surface area contributed by atoms with E-state index < -0.39 is 5.97 Å². The van der Waals surface area contributed by atoms with E-state index in [9.17, 15) is 9.59 Å². The molecule has 0 aliphatic rings. The number of carboxylic acid groups (broad SMARTS) is 1. The van der Waals surface area contributed by atoms with Gasteiger partial charge in [0.15, 0.2) is 18.1 Å². The number of rotatable bonds is 7. The zero-order valence-corrected chi connectivity index (χ0v) is 12.4. The topological polar surface area (TPSA) is 84.9 Å². The maximum atomic E-state index is 11.4. The van der Waals surface area contributed by atoms with E-state index in [2.05, 4.69) is 5.32 Å². The molecule has 0 heterocycles. The summed E-state index contributed by atoms with van der Waals surface area (Å²) in [6.45, 7) is 2.08. The van der Waals surface area contributed by atoms with Gasteiger partial charge in [-0.15, -0.1) is 0 Å². The van der Waals surface area contributed by atoms with Crippen LogP contribution in [0, 0.1) is 0 Å². The predicted molar refractivity (Wildman–Crippen MR) is 78.9 cm³/mol. The van der Waals surface area contributed by atoms with E-state index in [4.69, 9.17) is 26.2 Å². The summed E-state index contributed by atoms with van der Waals surface area (Å²) in [5, 5.41) is 11.6. The first kappa shape index (κ1) is 16.8. The zero-order chi connectivity index (χ0) is 15.8. The van der Waals surface area contributed by atoms with Crippen molar-refractivity contribution in [2.45, 2.75) is 6.92 Å². The van der Waals surface area contributed by atoms with Crippen LogP contribution in [0.1, 0.15) is 12.5 Å². The Morgan fingerprint density at radius 1 is 1.43 bits per heavy atom. The molecule has 1 rings (SSSR count). The average Bonchev–Trinajstić information content (AvgIpc) is 2.43. The van der Waals surface area contributed by atoms with Crippen LogP contribution in [0.3, 0.4) is 0 Å². The van der Waals surface area contributed by atoms with E-state index in [-0.39, 0.29) is 18.3 Å². The Bertz CT molecular complexity index is 557. The van der Waals surface area contributed by atoms with E-state index in [1.165, 1.54) is 25.3 Å². The number of likely N-dealkylation sites (N-methyl/N-ethyl adjacent to an activating group) is 1. The van der Waals surface area contributed by atoms with E-state index in [0.717, 1.165) is 6.08 Å². The highest BCUT2D eigenvalue weighted by atomic mass is 35.5. The van der Waals surface area contributed by atoms with Crippen molar-refractivity contribution in [3.8, 4) is 11.5 Å². The summed E-state index contributed by atoms with van der Waals surface area (Å²) in [6, 6.07) is 3.04. The van der Waals surface area contributed by atoms with Gasteiger partial charge in [-0.25, -0.2) is 4.79 Å². The Morgan fingerprint density at radius 2 is 2.14 bits per heavy atom. The minimum atomic E-state index is -1.11. The molecule has 1 amide bonds. The van der Waals surface area contributed by atoms with E-state index in [1.807, 2.05) is 0 Å². The highest BCUT2D eigenvalue weighted by Gasteiger charge is 2.13. The van der Waals surface area contributed by atoms with Crippen molar-refractivity contribution in [2.24, 2.45) is 0 Å². The lowest BCUT2D eigenvalue weighted by atomic mass is 10.1. The highest BCUT2D eigenvalue weighted by molar-refractivity contribution is 6.31. The third-order valence-corrected chi connectivity index (χ3v) is 2.61. The summed E-state index contributed by atoms with van der Waals surface area (Å²) >= 11 is 5.93. The van der Waals surface area contributed by atoms with Crippen molar-refractivity contribution in [2.75, 3.05) is 20.3 Å². The maximum Gasteiger partial charge on any atom is 0.328 e. The maximum absolute atomic E-state index is 11.4. The van der Waals surface area contributed by atoms with Crippen LogP contribution >= 0.6 is 11.6 Å². The molecule has 0 aliphatic heterocycles. The Labute approximate surface area is 127 Å². The molecule has 6 nitrogen and oxygen atoms in total. The summed E-state index contributed by atoms with van der Waals surface area (Å²) in [5.41, 5.74) is 0.408. The second kappa shape index (κ2) is 8.16. The Hall–Kier alpha value is -2.21. The van der Waals surface area contributed by atoms with Crippen LogP contribution in [-0.2, 0) is 9.59 Å². The smallest absolute Gasteiger partial charge is 0.328 e. The molecule has 0 saturated heterocycles. The molecule has 0 spiro atoms. The second-order valence-electron chi connectivity index (χ2n) is 3.94. The molecule has 1 aromatic carbocycles. The van der Waals surface area contributed by atoms with Crippen molar-refractivity contribution < 1.29 is 24.2 Å². The van der Waals surface area contributed by atoms with Crippen LogP contribution in [-0.4, -0.2) is 37.2 Å². The van der Waals surface area contributed by atoms with Gasteiger partial charge in [0.25, 0.3) is 5.91 Å². The molecule has 0 bridgehead atoms. The fraction of sp³-hybridized carbons (Fsp3) is 0.286. The van der Waals surface area contributed by atoms with Crippen molar-refractivity contribution in [1.82, 2.24) is 5.32 Å². The number of hydrogen-bond acceptors (Lipinski definition) is 4. The lowest BCUT2D eigenvalue weighted by Gasteiger charge is -2.13. The van der Waals surface area contributed by atoms with Crippen molar-refractivity contribution in [1.29, 1.82) is 0 Å². The van der Waals surface area contributed by atoms with Crippen LogP contribution in [0.15, 0.2) is 18.2 Å². The standard InChI is InChI=1S/C14H16ClNO5/c1-3-16-12(17)8-21-14-9(4-5-13(18)19)6-10(15)7-11(14)20-2/h4-7H,3,8H2,1-2H3,(H,16,17)(H,18,19)/b5-4+. The first-order valence-corrected chi connectivity index (χ1v) is 6.53. The quantitative estimate of drug-likeness (QED) is 0.752. The molecule has 1 aromatic rings. The Kier molecular flexibility index (Phi) is 6.55. The van der Waals surface area contributed by atoms with Gasteiger partial charge in [-0.3, -0.25) is 4.79 Å². The molecule has 2 N–H and O–H groups in total. The summed E-state index contributed by atoms with van der Waals surface area (Å²) in [7, 11) is 1.43. The molecule has 7 heteroatoms. The average molecular weight is 314 g/mol. The normalized spacial score (nSPS) is 10.4. The van der Waals surface area contributed by atoms with Crippen LogP contribution < -0.4 is 14.8 Å². The first-order valence-electron chi connectivity index (χ1n) is 6.16. The minimum absolute atomic E-state index is 0.209. The van der Waals surface area contributed by atoms with Crippen LogP contribution in [0.4, 0.5) is 0 Å². The molecule has 0 aromatic heterocycles. The molecular formula is C14H16ClNO5. The number of benzene rings is 1. The number of hydrogen-bond donors (Lipinski definition) is 2. The lowest BCUT2D eigenvalue weighted by Crippen LogP contribution is -2.28.